The van der Waals surface area contributed by atoms with Crippen LogP contribution in [0.25, 0.3) is 0 Å². The first-order chi connectivity index (χ1) is 14.0. The average Bonchev–Trinajstić information content (AvgIpc) is 3.56. The molecule has 0 spiro atoms. The van der Waals surface area contributed by atoms with Crippen LogP contribution in [0.2, 0.25) is 0 Å². The number of anilines is 2. The minimum Gasteiger partial charge on any atom is -0.484 e. The zero-order chi connectivity index (χ0) is 20.8. The minimum absolute atomic E-state index is 0.0380. The largest absolute Gasteiger partial charge is 0.484 e. The fourth-order valence-corrected chi connectivity index (χ4v) is 2.99. The molecule has 1 aliphatic carbocycles. The van der Waals surface area contributed by atoms with E-state index in [4.69, 9.17) is 4.74 Å². The molecule has 0 bridgehead atoms. The van der Waals surface area contributed by atoms with Crippen LogP contribution in [0.3, 0.4) is 0 Å². The third-order valence-corrected chi connectivity index (χ3v) is 4.97. The van der Waals surface area contributed by atoms with Gasteiger partial charge in [0, 0.05) is 50.5 Å². The van der Waals surface area contributed by atoms with Gasteiger partial charge in [-0.2, -0.15) is 0 Å². The highest BCUT2D eigenvalue weighted by Crippen LogP contribution is 2.30. The van der Waals surface area contributed by atoms with Gasteiger partial charge in [0.15, 0.2) is 6.61 Å². The van der Waals surface area contributed by atoms with E-state index < -0.39 is 0 Å². The Bertz CT molecular complexity index is 845. The summed E-state index contributed by atoms with van der Waals surface area (Å²) < 4.78 is 5.69. The van der Waals surface area contributed by atoms with E-state index in [0.717, 1.165) is 24.1 Å². The lowest BCUT2D eigenvalue weighted by Gasteiger charge is -2.22. The maximum absolute atomic E-state index is 12.6. The van der Waals surface area contributed by atoms with Crippen molar-refractivity contribution < 1.29 is 14.3 Å². The average molecular weight is 396 g/mol. The van der Waals surface area contributed by atoms with Crippen LogP contribution in [0.1, 0.15) is 25.3 Å². The summed E-state index contributed by atoms with van der Waals surface area (Å²) in [7, 11) is 4.00. The standard InChI is InChI=1S/C23H29N3O3/c1-4-26(15-17-8-12-20(13-9-17)25(2)3)22(27)16-29-21-7-5-6-19(14-21)24-23(28)18-10-11-18/h5-9,12-14,18H,4,10-11,15-16H2,1-3H3,(H,24,28). The Kier molecular flexibility index (Phi) is 6.75. The van der Waals surface area contributed by atoms with Gasteiger partial charge in [0.25, 0.3) is 5.91 Å². The van der Waals surface area contributed by atoms with Crippen molar-refractivity contribution in [2.75, 3.05) is 37.5 Å². The van der Waals surface area contributed by atoms with Gasteiger partial charge in [-0.25, -0.2) is 0 Å². The Labute approximate surface area is 172 Å². The van der Waals surface area contributed by atoms with Crippen molar-refractivity contribution in [3.63, 3.8) is 0 Å². The molecule has 0 heterocycles. The maximum Gasteiger partial charge on any atom is 0.260 e. The SMILES string of the molecule is CCN(Cc1ccc(N(C)C)cc1)C(=O)COc1cccc(NC(=O)C2CC2)c1. The Morgan fingerprint density at radius 3 is 2.45 bits per heavy atom. The van der Waals surface area contributed by atoms with E-state index in [1.165, 1.54) is 0 Å². The van der Waals surface area contributed by atoms with E-state index in [9.17, 15) is 9.59 Å². The van der Waals surface area contributed by atoms with Gasteiger partial charge >= 0.3 is 0 Å². The summed E-state index contributed by atoms with van der Waals surface area (Å²) in [6.45, 7) is 3.07. The third-order valence-electron chi connectivity index (χ3n) is 4.97. The molecule has 0 saturated heterocycles. The highest BCUT2D eigenvalue weighted by atomic mass is 16.5. The zero-order valence-corrected chi connectivity index (χ0v) is 17.4. The van der Waals surface area contributed by atoms with Crippen LogP contribution < -0.4 is 15.0 Å². The number of hydrogen-bond donors (Lipinski definition) is 1. The zero-order valence-electron chi connectivity index (χ0n) is 17.4. The number of nitrogens with one attached hydrogen (secondary N) is 1. The Balaban J connectivity index is 1.53. The summed E-state index contributed by atoms with van der Waals surface area (Å²) in [5.74, 6) is 0.691. The maximum atomic E-state index is 12.6. The molecule has 2 amide bonds. The molecule has 0 aliphatic heterocycles. The van der Waals surface area contributed by atoms with Crippen molar-refractivity contribution in [2.45, 2.75) is 26.3 Å². The molecule has 6 nitrogen and oxygen atoms in total. The van der Waals surface area contributed by atoms with Crippen LogP contribution in [0, 0.1) is 5.92 Å². The molecule has 1 fully saturated rings. The molecule has 6 heteroatoms. The van der Waals surface area contributed by atoms with E-state index >= 15 is 0 Å². The first-order valence-electron chi connectivity index (χ1n) is 10.0. The summed E-state index contributed by atoms with van der Waals surface area (Å²) >= 11 is 0. The van der Waals surface area contributed by atoms with E-state index in [2.05, 4.69) is 5.32 Å². The molecule has 29 heavy (non-hydrogen) atoms. The summed E-state index contributed by atoms with van der Waals surface area (Å²) in [6.07, 6.45) is 1.92. The van der Waals surface area contributed by atoms with Crippen molar-refractivity contribution in [1.82, 2.24) is 4.90 Å². The Morgan fingerprint density at radius 1 is 1.10 bits per heavy atom. The lowest BCUT2D eigenvalue weighted by molar-refractivity contribution is -0.133. The first kappa shape index (κ1) is 20.7. The quantitative estimate of drug-likeness (QED) is 0.706. The summed E-state index contributed by atoms with van der Waals surface area (Å²) in [4.78, 5) is 28.3. The molecule has 2 aromatic rings. The molecule has 1 aliphatic rings. The van der Waals surface area contributed by atoms with Crippen molar-refractivity contribution in [3.8, 4) is 5.75 Å². The molecule has 0 atom stereocenters. The highest BCUT2D eigenvalue weighted by Gasteiger charge is 2.29. The van der Waals surface area contributed by atoms with Gasteiger partial charge in [-0.1, -0.05) is 18.2 Å². The molecular formula is C23H29N3O3. The van der Waals surface area contributed by atoms with Gasteiger partial charge in [-0.3, -0.25) is 9.59 Å². The number of likely N-dealkylation sites (N-methyl/N-ethyl adjacent to an activating group) is 1. The number of hydrogen-bond acceptors (Lipinski definition) is 4. The number of carbonyl (C=O) groups is 2. The molecule has 2 aromatic carbocycles. The number of ether oxygens (including phenoxy) is 1. The van der Waals surface area contributed by atoms with Crippen molar-refractivity contribution in [2.24, 2.45) is 5.92 Å². The van der Waals surface area contributed by atoms with Crippen LogP contribution in [0.5, 0.6) is 5.75 Å². The monoisotopic (exact) mass is 395 g/mol. The molecule has 0 radical (unpaired) electrons. The summed E-state index contributed by atoms with van der Waals surface area (Å²) in [5.41, 5.74) is 2.90. The fraction of sp³-hybridized carbons (Fsp3) is 0.391. The number of carbonyl (C=O) groups excluding carboxylic acids is 2. The van der Waals surface area contributed by atoms with Gasteiger partial charge in [-0.15, -0.1) is 0 Å². The van der Waals surface area contributed by atoms with Crippen molar-refractivity contribution in [3.05, 3.63) is 54.1 Å². The predicted octanol–water partition coefficient (Wildman–Crippen LogP) is 3.53. The second-order valence-corrected chi connectivity index (χ2v) is 7.55. The topological polar surface area (TPSA) is 61.9 Å². The van der Waals surface area contributed by atoms with Crippen molar-refractivity contribution >= 4 is 23.2 Å². The highest BCUT2D eigenvalue weighted by molar-refractivity contribution is 5.94. The lowest BCUT2D eigenvalue weighted by Crippen LogP contribution is -2.34. The van der Waals surface area contributed by atoms with Crippen LogP contribution in [-0.4, -0.2) is 44.0 Å². The summed E-state index contributed by atoms with van der Waals surface area (Å²) in [5, 5.41) is 2.89. The first-order valence-corrected chi connectivity index (χ1v) is 10.0. The molecule has 154 valence electrons. The number of benzene rings is 2. The van der Waals surface area contributed by atoms with Crippen LogP contribution in [0.15, 0.2) is 48.5 Å². The minimum atomic E-state index is -0.0726. The Morgan fingerprint density at radius 2 is 1.83 bits per heavy atom. The predicted molar refractivity (Wildman–Crippen MR) is 115 cm³/mol. The molecule has 0 unspecified atom stereocenters. The smallest absolute Gasteiger partial charge is 0.260 e. The second-order valence-electron chi connectivity index (χ2n) is 7.55. The van der Waals surface area contributed by atoms with E-state index in [-0.39, 0.29) is 24.3 Å². The molecular weight excluding hydrogens is 366 g/mol. The second kappa shape index (κ2) is 9.45. The van der Waals surface area contributed by atoms with E-state index in [1.807, 2.05) is 62.3 Å². The number of rotatable bonds is 9. The van der Waals surface area contributed by atoms with Gasteiger partial charge in [0.1, 0.15) is 5.75 Å². The normalized spacial score (nSPS) is 12.9. The molecule has 0 aromatic heterocycles. The van der Waals surface area contributed by atoms with E-state index in [1.54, 1.807) is 17.0 Å². The van der Waals surface area contributed by atoms with Crippen LogP contribution in [0.4, 0.5) is 11.4 Å². The van der Waals surface area contributed by atoms with Crippen LogP contribution >= 0.6 is 0 Å². The third kappa shape index (κ3) is 5.98. The molecule has 3 rings (SSSR count). The van der Waals surface area contributed by atoms with E-state index in [0.29, 0.717) is 24.5 Å². The number of amides is 2. The van der Waals surface area contributed by atoms with Gasteiger partial charge in [-0.05, 0) is 49.6 Å². The molecule has 1 N–H and O–H groups in total. The van der Waals surface area contributed by atoms with Gasteiger partial charge in [0.2, 0.25) is 5.91 Å². The lowest BCUT2D eigenvalue weighted by atomic mass is 10.2. The van der Waals surface area contributed by atoms with Crippen molar-refractivity contribution in [1.29, 1.82) is 0 Å². The number of nitrogens with zero attached hydrogens (tertiary/aromatic N) is 2. The van der Waals surface area contributed by atoms with Crippen LogP contribution in [-0.2, 0) is 16.1 Å². The summed E-state index contributed by atoms with van der Waals surface area (Å²) in [6, 6.07) is 15.4. The van der Waals surface area contributed by atoms with Gasteiger partial charge in [0.05, 0.1) is 0 Å². The fourth-order valence-electron chi connectivity index (χ4n) is 2.99. The Hall–Kier alpha value is -3.02. The van der Waals surface area contributed by atoms with Gasteiger partial charge < -0.3 is 19.9 Å². The molecule has 1 saturated carbocycles.